The number of amides is 2. The van der Waals surface area contributed by atoms with Crippen LogP contribution in [0.2, 0.25) is 0 Å². The van der Waals surface area contributed by atoms with Crippen LogP contribution in [0.15, 0.2) is 71.3 Å². The minimum Gasteiger partial charge on any atom is -0.494 e. The fourth-order valence-electron chi connectivity index (χ4n) is 2.74. The first-order valence-electron chi connectivity index (χ1n) is 10.2. The SMILES string of the molecule is CC(C)CCOc1ccc(NC(=O)CNc2cccc(NC(=O)c3ccco3)c2)cc1. The second-order valence-corrected chi connectivity index (χ2v) is 7.47. The van der Waals surface area contributed by atoms with E-state index in [9.17, 15) is 9.59 Å². The van der Waals surface area contributed by atoms with Crippen LogP contribution in [0, 0.1) is 5.92 Å². The summed E-state index contributed by atoms with van der Waals surface area (Å²) < 4.78 is 10.8. The lowest BCUT2D eigenvalue weighted by Crippen LogP contribution is -2.21. The number of ether oxygens (including phenoxy) is 1. The van der Waals surface area contributed by atoms with Crippen LogP contribution < -0.4 is 20.7 Å². The van der Waals surface area contributed by atoms with Gasteiger partial charge in [0, 0.05) is 17.1 Å². The van der Waals surface area contributed by atoms with Crippen molar-refractivity contribution < 1.29 is 18.7 Å². The number of hydrogen-bond acceptors (Lipinski definition) is 5. The Kier molecular flexibility index (Phi) is 7.70. The van der Waals surface area contributed by atoms with Crippen molar-refractivity contribution in [2.75, 3.05) is 29.1 Å². The van der Waals surface area contributed by atoms with Crippen LogP contribution >= 0.6 is 0 Å². The first-order valence-corrected chi connectivity index (χ1v) is 10.2. The van der Waals surface area contributed by atoms with Crippen molar-refractivity contribution in [1.82, 2.24) is 0 Å². The molecular formula is C24H27N3O4. The summed E-state index contributed by atoms with van der Waals surface area (Å²) in [5, 5.41) is 8.64. The zero-order valence-corrected chi connectivity index (χ0v) is 17.7. The van der Waals surface area contributed by atoms with Gasteiger partial charge in [-0.05, 0) is 66.9 Å². The number of carbonyl (C=O) groups is 2. The highest BCUT2D eigenvalue weighted by atomic mass is 16.5. The van der Waals surface area contributed by atoms with Crippen molar-refractivity contribution in [3.8, 4) is 5.75 Å². The minimum atomic E-state index is -0.337. The fourth-order valence-corrected chi connectivity index (χ4v) is 2.74. The van der Waals surface area contributed by atoms with E-state index >= 15 is 0 Å². The Hall–Kier alpha value is -3.74. The van der Waals surface area contributed by atoms with Crippen molar-refractivity contribution in [3.05, 3.63) is 72.7 Å². The first kappa shape index (κ1) is 22.0. The molecule has 1 aromatic heterocycles. The van der Waals surface area contributed by atoms with Crippen LogP contribution in [0.5, 0.6) is 5.75 Å². The molecule has 0 radical (unpaired) electrons. The molecule has 0 bridgehead atoms. The molecule has 0 unspecified atom stereocenters. The van der Waals surface area contributed by atoms with Gasteiger partial charge in [-0.3, -0.25) is 9.59 Å². The van der Waals surface area contributed by atoms with Crippen LogP contribution in [-0.2, 0) is 4.79 Å². The molecule has 0 atom stereocenters. The van der Waals surface area contributed by atoms with E-state index in [1.807, 2.05) is 30.3 Å². The summed E-state index contributed by atoms with van der Waals surface area (Å²) in [6.45, 7) is 5.07. The summed E-state index contributed by atoms with van der Waals surface area (Å²) >= 11 is 0. The first-order chi connectivity index (χ1) is 15.0. The third kappa shape index (κ3) is 7.22. The summed E-state index contributed by atoms with van der Waals surface area (Å²) in [6.07, 6.45) is 2.44. The van der Waals surface area contributed by atoms with Gasteiger partial charge in [-0.25, -0.2) is 0 Å². The maximum Gasteiger partial charge on any atom is 0.291 e. The molecule has 31 heavy (non-hydrogen) atoms. The van der Waals surface area contributed by atoms with E-state index in [-0.39, 0.29) is 24.1 Å². The van der Waals surface area contributed by atoms with E-state index in [2.05, 4.69) is 29.8 Å². The zero-order valence-electron chi connectivity index (χ0n) is 17.7. The molecule has 0 aliphatic rings. The van der Waals surface area contributed by atoms with E-state index in [0.29, 0.717) is 29.6 Å². The molecule has 7 heteroatoms. The van der Waals surface area contributed by atoms with Crippen molar-refractivity contribution in [1.29, 1.82) is 0 Å². The lowest BCUT2D eigenvalue weighted by Gasteiger charge is -2.11. The van der Waals surface area contributed by atoms with Gasteiger partial charge in [0.1, 0.15) is 5.75 Å². The summed E-state index contributed by atoms with van der Waals surface area (Å²) in [5.74, 6) is 1.09. The normalized spacial score (nSPS) is 10.5. The quantitative estimate of drug-likeness (QED) is 0.428. The number of carbonyl (C=O) groups excluding carboxylic acids is 2. The van der Waals surface area contributed by atoms with Gasteiger partial charge >= 0.3 is 0 Å². The standard InChI is InChI=1S/C24H27N3O4/c1-17(2)12-14-30-21-10-8-18(9-11-21)26-23(28)16-25-19-5-3-6-20(15-19)27-24(29)22-7-4-13-31-22/h3-11,13,15,17,25H,12,14,16H2,1-2H3,(H,26,28)(H,27,29). The van der Waals surface area contributed by atoms with Gasteiger partial charge < -0.3 is 25.1 Å². The van der Waals surface area contributed by atoms with Crippen LogP contribution in [0.1, 0.15) is 30.8 Å². The smallest absolute Gasteiger partial charge is 0.291 e. The lowest BCUT2D eigenvalue weighted by molar-refractivity contribution is -0.114. The highest BCUT2D eigenvalue weighted by molar-refractivity contribution is 6.02. The average molecular weight is 421 g/mol. The Morgan fingerprint density at radius 2 is 1.71 bits per heavy atom. The van der Waals surface area contributed by atoms with E-state index in [4.69, 9.17) is 9.15 Å². The van der Waals surface area contributed by atoms with Crippen LogP contribution in [-0.4, -0.2) is 25.0 Å². The van der Waals surface area contributed by atoms with Crippen LogP contribution in [0.25, 0.3) is 0 Å². The fraction of sp³-hybridized carbons (Fsp3) is 0.250. The molecular weight excluding hydrogens is 394 g/mol. The van der Waals surface area contributed by atoms with E-state index in [1.54, 1.807) is 30.3 Å². The summed E-state index contributed by atoms with van der Waals surface area (Å²) in [6, 6.07) is 17.7. The minimum absolute atomic E-state index is 0.0855. The number of nitrogens with one attached hydrogen (secondary N) is 3. The largest absolute Gasteiger partial charge is 0.494 e. The Bertz CT molecular complexity index is 982. The molecule has 7 nitrogen and oxygen atoms in total. The monoisotopic (exact) mass is 421 g/mol. The third-order valence-corrected chi connectivity index (χ3v) is 4.42. The Balaban J connectivity index is 1.45. The molecule has 0 saturated heterocycles. The molecule has 1 heterocycles. The molecule has 0 spiro atoms. The third-order valence-electron chi connectivity index (χ3n) is 4.42. The van der Waals surface area contributed by atoms with Crippen molar-refractivity contribution in [2.45, 2.75) is 20.3 Å². The Labute approximate surface area is 181 Å². The van der Waals surface area contributed by atoms with Crippen LogP contribution in [0.3, 0.4) is 0 Å². The maximum atomic E-state index is 12.2. The van der Waals surface area contributed by atoms with E-state index < -0.39 is 0 Å². The average Bonchev–Trinajstić information content (AvgIpc) is 3.29. The van der Waals surface area contributed by atoms with Gasteiger partial charge in [0.25, 0.3) is 5.91 Å². The molecule has 0 saturated carbocycles. The Morgan fingerprint density at radius 1 is 0.935 bits per heavy atom. The molecule has 3 aromatic rings. The predicted octanol–water partition coefficient (Wildman–Crippen LogP) is 5.01. The van der Waals surface area contributed by atoms with Crippen LogP contribution in [0.4, 0.5) is 17.1 Å². The maximum absolute atomic E-state index is 12.2. The summed E-state index contributed by atoms with van der Waals surface area (Å²) in [7, 11) is 0. The second-order valence-electron chi connectivity index (χ2n) is 7.47. The van der Waals surface area contributed by atoms with Gasteiger partial charge in [-0.2, -0.15) is 0 Å². The summed E-state index contributed by atoms with van der Waals surface area (Å²) in [4.78, 5) is 24.3. The summed E-state index contributed by atoms with van der Waals surface area (Å²) in [5.41, 5.74) is 2.00. The molecule has 0 fully saturated rings. The lowest BCUT2D eigenvalue weighted by atomic mass is 10.1. The topological polar surface area (TPSA) is 92.6 Å². The molecule has 2 amide bonds. The van der Waals surface area contributed by atoms with Gasteiger partial charge in [0.15, 0.2) is 5.76 Å². The van der Waals surface area contributed by atoms with E-state index in [0.717, 1.165) is 12.2 Å². The van der Waals surface area contributed by atoms with Gasteiger partial charge in [0.2, 0.25) is 5.91 Å². The number of anilines is 3. The second kappa shape index (κ2) is 10.9. The molecule has 2 aromatic carbocycles. The highest BCUT2D eigenvalue weighted by Crippen LogP contribution is 2.18. The number of furan rings is 1. The molecule has 3 N–H and O–H groups in total. The van der Waals surface area contributed by atoms with Crippen molar-refractivity contribution >= 4 is 28.9 Å². The number of rotatable bonds is 10. The van der Waals surface area contributed by atoms with Gasteiger partial charge in [-0.15, -0.1) is 0 Å². The van der Waals surface area contributed by atoms with Crippen molar-refractivity contribution in [2.24, 2.45) is 5.92 Å². The van der Waals surface area contributed by atoms with Gasteiger partial charge in [0.05, 0.1) is 19.4 Å². The number of benzene rings is 2. The molecule has 3 rings (SSSR count). The predicted molar refractivity (Wildman–Crippen MR) is 122 cm³/mol. The molecule has 0 aliphatic carbocycles. The zero-order chi connectivity index (χ0) is 22.1. The number of hydrogen-bond donors (Lipinski definition) is 3. The Morgan fingerprint density at radius 3 is 2.42 bits per heavy atom. The van der Waals surface area contributed by atoms with Crippen molar-refractivity contribution in [3.63, 3.8) is 0 Å². The van der Waals surface area contributed by atoms with E-state index in [1.165, 1.54) is 6.26 Å². The molecule has 162 valence electrons. The molecule has 0 aliphatic heterocycles. The highest BCUT2D eigenvalue weighted by Gasteiger charge is 2.09. The van der Waals surface area contributed by atoms with Gasteiger partial charge in [-0.1, -0.05) is 19.9 Å².